The van der Waals surface area contributed by atoms with Crippen LogP contribution in [0.15, 0.2) is 30.5 Å². The number of aromatic nitrogens is 2. The van der Waals surface area contributed by atoms with E-state index in [1.807, 2.05) is 39.0 Å². The number of ether oxygens (including phenoxy) is 4. The summed E-state index contributed by atoms with van der Waals surface area (Å²) in [5.74, 6) is 1.10. The molecule has 1 fully saturated rings. The van der Waals surface area contributed by atoms with Crippen LogP contribution in [0.3, 0.4) is 0 Å². The van der Waals surface area contributed by atoms with Gasteiger partial charge in [0.05, 0.1) is 55.5 Å². The van der Waals surface area contributed by atoms with Gasteiger partial charge >= 0.3 is 5.97 Å². The average molecular weight is 534 g/mol. The Hall–Kier alpha value is -2.81. The van der Waals surface area contributed by atoms with Gasteiger partial charge in [0.2, 0.25) is 5.95 Å². The number of rotatable bonds is 7. The Balaban J connectivity index is 1.56. The first-order valence-corrected chi connectivity index (χ1v) is 12.3. The van der Waals surface area contributed by atoms with Crippen LogP contribution in [-0.2, 0) is 14.3 Å². The van der Waals surface area contributed by atoms with Crippen LogP contribution in [-0.4, -0.2) is 55.0 Å². The average Bonchev–Trinajstić information content (AvgIpc) is 3.24. The molecule has 2 atom stereocenters. The summed E-state index contributed by atoms with van der Waals surface area (Å²) in [4.78, 5) is 21.4. The molecule has 0 spiro atoms. The molecule has 0 aliphatic carbocycles. The number of benzene rings is 2. The van der Waals surface area contributed by atoms with E-state index >= 15 is 0 Å². The van der Waals surface area contributed by atoms with Crippen LogP contribution >= 0.6 is 23.2 Å². The second kappa shape index (κ2) is 10.7. The molecule has 10 heteroatoms. The summed E-state index contributed by atoms with van der Waals surface area (Å²) in [6, 6.07) is 7.22. The highest BCUT2D eigenvalue weighted by Gasteiger charge is 2.32. The zero-order valence-corrected chi connectivity index (χ0v) is 22.4. The van der Waals surface area contributed by atoms with Gasteiger partial charge in [-0.2, -0.15) is 0 Å². The first kappa shape index (κ1) is 26.3. The largest absolute Gasteiger partial charge is 0.495 e. The Labute approximate surface area is 220 Å². The fourth-order valence-corrected chi connectivity index (χ4v) is 4.84. The van der Waals surface area contributed by atoms with E-state index in [0.717, 1.165) is 16.5 Å². The van der Waals surface area contributed by atoms with Crippen molar-refractivity contribution in [2.24, 2.45) is 5.92 Å². The summed E-state index contributed by atoms with van der Waals surface area (Å²) >= 11 is 13.2. The third kappa shape index (κ3) is 5.77. The van der Waals surface area contributed by atoms with E-state index in [4.69, 9.17) is 42.1 Å². The molecule has 2 aromatic carbocycles. The van der Waals surface area contributed by atoms with Gasteiger partial charge in [-0.05, 0) is 38.5 Å². The Kier molecular flexibility index (Phi) is 7.78. The van der Waals surface area contributed by atoms with Gasteiger partial charge in [0.25, 0.3) is 0 Å². The fourth-order valence-electron chi connectivity index (χ4n) is 4.12. The first-order chi connectivity index (χ1) is 17.1. The molecule has 3 aromatic rings. The minimum atomic E-state index is -0.524. The zero-order chi connectivity index (χ0) is 26.0. The maximum atomic E-state index is 12.3. The van der Waals surface area contributed by atoms with E-state index in [2.05, 4.69) is 15.3 Å². The number of hydrogen-bond acceptors (Lipinski definition) is 8. The van der Waals surface area contributed by atoms with Gasteiger partial charge in [-0.3, -0.25) is 4.79 Å². The van der Waals surface area contributed by atoms with Crippen LogP contribution < -0.4 is 14.8 Å². The van der Waals surface area contributed by atoms with Crippen molar-refractivity contribution >= 4 is 46.0 Å². The van der Waals surface area contributed by atoms with Crippen LogP contribution in [0.4, 0.5) is 5.95 Å². The molecule has 8 nitrogen and oxygen atoms in total. The number of nitrogens with zero attached hydrogens (tertiary/aromatic N) is 2. The molecule has 0 saturated carbocycles. The molecular formula is C26H29Cl2N3O5. The van der Waals surface area contributed by atoms with E-state index in [1.165, 1.54) is 14.2 Å². The van der Waals surface area contributed by atoms with Gasteiger partial charge in [-0.1, -0.05) is 29.3 Å². The number of nitrogens with one attached hydrogen (secondary N) is 1. The van der Waals surface area contributed by atoms with E-state index in [0.29, 0.717) is 46.3 Å². The van der Waals surface area contributed by atoms with Crippen molar-refractivity contribution < 1.29 is 23.7 Å². The van der Waals surface area contributed by atoms with Crippen LogP contribution in [0.5, 0.6) is 11.5 Å². The number of carbonyl (C=O) groups excluding carboxylic acids is 1. The second-order valence-electron chi connectivity index (χ2n) is 9.59. The molecule has 0 radical (unpaired) electrons. The third-order valence-corrected chi connectivity index (χ3v) is 6.55. The SMILES string of the molecule is COc1cc(OC)c(Cl)c(-c2ccc3nc(N[C@@H]4COC[C@@H]4CC(=O)OC(C)(C)C)ncc3c2)c1Cl. The molecule has 1 aliphatic heterocycles. The molecule has 2 heterocycles. The first-order valence-electron chi connectivity index (χ1n) is 11.5. The second-order valence-corrected chi connectivity index (χ2v) is 10.3. The smallest absolute Gasteiger partial charge is 0.306 e. The number of anilines is 1. The predicted molar refractivity (Wildman–Crippen MR) is 140 cm³/mol. The maximum absolute atomic E-state index is 12.3. The lowest BCUT2D eigenvalue weighted by Crippen LogP contribution is -2.32. The van der Waals surface area contributed by atoms with Gasteiger partial charge in [-0.25, -0.2) is 9.97 Å². The lowest BCUT2D eigenvalue weighted by molar-refractivity contribution is -0.156. The summed E-state index contributed by atoms with van der Waals surface area (Å²) in [6.07, 6.45) is 1.99. The highest BCUT2D eigenvalue weighted by Crippen LogP contribution is 2.46. The highest BCUT2D eigenvalue weighted by atomic mass is 35.5. The van der Waals surface area contributed by atoms with Crippen molar-refractivity contribution in [3.8, 4) is 22.6 Å². The highest BCUT2D eigenvalue weighted by molar-refractivity contribution is 6.41. The summed E-state index contributed by atoms with van der Waals surface area (Å²) in [7, 11) is 3.07. The molecule has 0 bridgehead atoms. The lowest BCUT2D eigenvalue weighted by Gasteiger charge is -2.23. The summed E-state index contributed by atoms with van der Waals surface area (Å²) < 4.78 is 21.8. The monoisotopic (exact) mass is 533 g/mol. The summed E-state index contributed by atoms with van der Waals surface area (Å²) in [5.41, 5.74) is 1.60. The third-order valence-electron chi connectivity index (χ3n) is 5.80. The Morgan fingerprint density at radius 1 is 1.11 bits per heavy atom. The number of methoxy groups -OCH3 is 2. The van der Waals surface area contributed by atoms with Gasteiger partial charge < -0.3 is 24.3 Å². The quantitative estimate of drug-likeness (QED) is 0.382. The zero-order valence-electron chi connectivity index (χ0n) is 20.9. The lowest BCUT2D eigenvalue weighted by atomic mass is 10.00. The van der Waals surface area contributed by atoms with Crippen molar-refractivity contribution in [3.05, 3.63) is 40.5 Å². The molecule has 1 aromatic heterocycles. The van der Waals surface area contributed by atoms with Crippen LogP contribution in [0.1, 0.15) is 27.2 Å². The predicted octanol–water partition coefficient (Wildman–Crippen LogP) is 5.78. The number of fused-ring (bicyclic) bond motifs is 1. The number of carbonyl (C=O) groups is 1. The van der Waals surface area contributed by atoms with Crippen molar-refractivity contribution in [2.45, 2.75) is 38.8 Å². The number of hydrogen-bond donors (Lipinski definition) is 1. The van der Waals surface area contributed by atoms with Crippen LogP contribution in [0.25, 0.3) is 22.0 Å². The van der Waals surface area contributed by atoms with E-state index in [1.54, 1.807) is 12.3 Å². The Morgan fingerprint density at radius 3 is 2.44 bits per heavy atom. The van der Waals surface area contributed by atoms with Crippen LogP contribution in [0, 0.1) is 5.92 Å². The van der Waals surface area contributed by atoms with E-state index < -0.39 is 5.60 Å². The summed E-state index contributed by atoms with van der Waals surface area (Å²) in [6.45, 7) is 6.49. The molecule has 1 N–H and O–H groups in total. The van der Waals surface area contributed by atoms with Crippen molar-refractivity contribution in [1.82, 2.24) is 9.97 Å². The minimum absolute atomic E-state index is 0.0335. The van der Waals surface area contributed by atoms with E-state index in [9.17, 15) is 4.79 Å². The molecular weight excluding hydrogens is 505 g/mol. The maximum Gasteiger partial charge on any atom is 0.306 e. The molecule has 0 unspecified atom stereocenters. The topological polar surface area (TPSA) is 91.8 Å². The van der Waals surface area contributed by atoms with E-state index in [-0.39, 0.29) is 24.3 Å². The summed E-state index contributed by atoms with van der Waals surface area (Å²) in [5, 5.41) is 4.90. The van der Waals surface area contributed by atoms with Gasteiger partial charge in [-0.15, -0.1) is 0 Å². The Morgan fingerprint density at radius 2 is 1.81 bits per heavy atom. The fraction of sp³-hybridized carbons (Fsp3) is 0.423. The van der Waals surface area contributed by atoms with Gasteiger partial charge in [0.15, 0.2) is 0 Å². The van der Waals surface area contributed by atoms with Crippen molar-refractivity contribution in [2.75, 3.05) is 32.8 Å². The van der Waals surface area contributed by atoms with Gasteiger partial charge in [0.1, 0.15) is 17.1 Å². The Bertz CT molecular complexity index is 1250. The normalized spacial score (nSPS) is 17.8. The molecule has 1 aliphatic rings. The molecule has 192 valence electrons. The van der Waals surface area contributed by atoms with Crippen molar-refractivity contribution in [1.29, 1.82) is 0 Å². The van der Waals surface area contributed by atoms with Gasteiger partial charge in [0, 0.05) is 29.1 Å². The number of halogens is 2. The molecule has 4 rings (SSSR count). The molecule has 1 saturated heterocycles. The van der Waals surface area contributed by atoms with Crippen LogP contribution in [0.2, 0.25) is 10.0 Å². The molecule has 36 heavy (non-hydrogen) atoms. The standard InChI is InChI=1S/C26H29Cl2N3O5/c1-26(2,3)36-21(32)9-16-12-35-13-18(16)31-25-29-11-15-8-14(6-7-17(15)30-25)22-23(27)19(33-4)10-20(34-5)24(22)28/h6-8,10-11,16,18H,9,12-13H2,1-5H3,(H,29,30,31)/t16-,18+/m0/s1. The minimum Gasteiger partial charge on any atom is -0.495 e. The molecule has 0 amide bonds. The van der Waals surface area contributed by atoms with Crippen molar-refractivity contribution in [3.63, 3.8) is 0 Å². The number of esters is 1.